The molecule has 2 N–H and O–H groups in total. The molecule has 0 amide bonds. The molecule has 0 aliphatic rings. The van der Waals surface area contributed by atoms with Gasteiger partial charge in [0.05, 0.1) is 0 Å². The van der Waals surface area contributed by atoms with Crippen LogP contribution in [0.3, 0.4) is 0 Å². The van der Waals surface area contributed by atoms with E-state index in [1.165, 1.54) is 0 Å². The Hall–Kier alpha value is -1.78. The summed E-state index contributed by atoms with van der Waals surface area (Å²) in [6.07, 6.45) is 0.356. The second-order valence-corrected chi connectivity index (χ2v) is 2.41. The standard InChI is InChI=1S/C8H8O5/c1-2-5-4(7(9)10)3-6(13-5)8(11)12/h3H,2H2,1H3,(H,9,10)(H,11,12). The zero-order valence-electron chi connectivity index (χ0n) is 6.90. The van der Waals surface area contributed by atoms with Crippen LogP contribution in [0.4, 0.5) is 0 Å². The monoisotopic (exact) mass is 184 g/mol. The van der Waals surface area contributed by atoms with Crippen LogP contribution in [0.25, 0.3) is 0 Å². The molecule has 5 heteroatoms. The molecule has 0 bridgehead atoms. The van der Waals surface area contributed by atoms with Crippen LogP contribution >= 0.6 is 0 Å². The predicted octanol–water partition coefficient (Wildman–Crippen LogP) is 1.24. The molecule has 1 aromatic rings. The molecule has 0 saturated carbocycles. The molecule has 70 valence electrons. The first-order valence-electron chi connectivity index (χ1n) is 3.65. The summed E-state index contributed by atoms with van der Waals surface area (Å²) in [6.45, 7) is 1.69. The Morgan fingerprint density at radius 3 is 2.31 bits per heavy atom. The second-order valence-electron chi connectivity index (χ2n) is 2.41. The highest BCUT2D eigenvalue weighted by Gasteiger charge is 2.18. The molecule has 0 fully saturated rings. The van der Waals surface area contributed by atoms with Gasteiger partial charge < -0.3 is 14.6 Å². The van der Waals surface area contributed by atoms with Gasteiger partial charge in [0.2, 0.25) is 5.76 Å². The second kappa shape index (κ2) is 3.30. The van der Waals surface area contributed by atoms with Crippen molar-refractivity contribution in [1.82, 2.24) is 0 Å². The SMILES string of the molecule is CCc1oc(C(=O)O)cc1C(=O)O. The van der Waals surface area contributed by atoms with Crippen LogP contribution < -0.4 is 0 Å². The molecule has 0 atom stereocenters. The van der Waals surface area contributed by atoms with Gasteiger partial charge in [-0.15, -0.1) is 0 Å². The van der Waals surface area contributed by atoms with Crippen LogP contribution in [0, 0.1) is 0 Å². The Morgan fingerprint density at radius 1 is 1.38 bits per heavy atom. The topological polar surface area (TPSA) is 87.7 Å². The van der Waals surface area contributed by atoms with E-state index < -0.39 is 11.9 Å². The van der Waals surface area contributed by atoms with Crippen molar-refractivity contribution in [2.45, 2.75) is 13.3 Å². The number of rotatable bonds is 3. The smallest absolute Gasteiger partial charge is 0.371 e. The Kier molecular flexibility index (Phi) is 2.36. The zero-order valence-corrected chi connectivity index (χ0v) is 6.90. The van der Waals surface area contributed by atoms with Crippen molar-refractivity contribution in [2.75, 3.05) is 0 Å². The molecular weight excluding hydrogens is 176 g/mol. The normalized spacial score (nSPS) is 9.92. The summed E-state index contributed by atoms with van der Waals surface area (Å²) in [5, 5.41) is 17.2. The van der Waals surface area contributed by atoms with Crippen molar-refractivity contribution in [3.8, 4) is 0 Å². The number of aromatic carboxylic acids is 2. The van der Waals surface area contributed by atoms with E-state index in [9.17, 15) is 9.59 Å². The lowest BCUT2D eigenvalue weighted by Crippen LogP contribution is -1.97. The van der Waals surface area contributed by atoms with E-state index in [1.54, 1.807) is 6.92 Å². The van der Waals surface area contributed by atoms with E-state index >= 15 is 0 Å². The van der Waals surface area contributed by atoms with E-state index in [4.69, 9.17) is 14.6 Å². The average Bonchev–Trinajstić information content (AvgIpc) is 2.47. The Labute approximate surface area is 73.6 Å². The van der Waals surface area contributed by atoms with Gasteiger partial charge in [-0.3, -0.25) is 0 Å². The third kappa shape index (κ3) is 1.69. The van der Waals surface area contributed by atoms with Gasteiger partial charge in [-0.25, -0.2) is 9.59 Å². The van der Waals surface area contributed by atoms with Gasteiger partial charge >= 0.3 is 11.9 Å². The van der Waals surface area contributed by atoms with Crippen molar-refractivity contribution < 1.29 is 24.2 Å². The number of aryl methyl sites for hydroxylation is 1. The maximum absolute atomic E-state index is 10.6. The predicted molar refractivity (Wildman–Crippen MR) is 42.0 cm³/mol. The molecule has 1 aromatic heterocycles. The lowest BCUT2D eigenvalue weighted by Gasteiger charge is -1.90. The Bertz CT molecular complexity index is 349. The van der Waals surface area contributed by atoms with Crippen LogP contribution in [0.1, 0.15) is 33.6 Å². The molecule has 0 spiro atoms. The summed E-state index contributed by atoms with van der Waals surface area (Å²) in [5.41, 5.74) is -0.0834. The molecule has 0 aromatic carbocycles. The quantitative estimate of drug-likeness (QED) is 0.737. The highest BCUT2D eigenvalue weighted by molar-refractivity contribution is 5.93. The van der Waals surface area contributed by atoms with Crippen LogP contribution in [0.15, 0.2) is 10.5 Å². The molecule has 0 aliphatic carbocycles. The minimum absolute atomic E-state index is 0.0834. The van der Waals surface area contributed by atoms with Gasteiger partial charge in [-0.2, -0.15) is 0 Å². The van der Waals surface area contributed by atoms with E-state index in [0.29, 0.717) is 6.42 Å². The first kappa shape index (κ1) is 9.31. The number of furan rings is 1. The van der Waals surface area contributed by atoms with Gasteiger partial charge in [0, 0.05) is 12.5 Å². The van der Waals surface area contributed by atoms with Crippen LogP contribution in [-0.4, -0.2) is 22.2 Å². The van der Waals surface area contributed by atoms with Crippen LogP contribution in [-0.2, 0) is 6.42 Å². The summed E-state index contributed by atoms with van der Waals surface area (Å²) < 4.78 is 4.81. The number of hydrogen-bond acceptors (Lipinski definition) is 3. The van der Waals surface area contributed by atoms with Gasteiger partial charge in [0.1, 0.15) is 11.3 Å². The van der Waals surface area contributed by atoms with Crippen molar-refractivity contribution in [3.05, 3.63) is 23.2 Å². The third-order valence-corrected chi connectivity index (χ3v) is 1.57. The molecule has 0 radical (unpaired) electrons. The summed E-state index contributed by atoms with van der Waals surface area (Å²) >= 11 is 0. The largest absolute Gasteiger partial charge is 0.478 e. The summed E-state index contributed by atoms with van der Waals surface area (Å²) in [4.78, 5) is 21.0. The molecule has 1 rings (SSSR count). The minimum atomic E-state index is -1.26. The minimum Gasteiger partial charge on any atom is -0.478 e. The van der Waals surface area contributed by atoms with Crippen molar-refractivity contribution in [2.24, 2.45) is 0 Å². The fourth-order valence-corrected chi connectivity index (χ4v) is 0.978. The molecule has 1 heterocycles. The van der Waals surface area contributed by atoms with Crippen molar-refractivity contribution >= 4 is 11.9 Å². The highest BCUT2D eigenvalue weighted by atomic mass is 16.4. The van der Waals surface area contributed by atoms with Gasteiger partial charge in [0.25, 0.3) is 0 Å². The zero-order chi connectivity index (χ0) is 10.0. The van der Waals surface area contributed by atoms with Crippen LogP contribution in [0.2, 0.25) is 0 Å². The maximum Gasteiger partial charge on any atom is 0.371 e. The van der Waals surface area contributed by atoms with Gasteiger partial charge in [-0.05, 0) is 0 Å². The fourth-order valence-electron chi connectivity index (χ4n) is 0.978. The molecule has 5 nitrogen and oxygen atoms in total. The van der Waals surface area contributed by atoms with Crippen molar-refractivity contribution in [1.29, 1.82) is 0 Å². The van der Waals surface area contributed by atoms with E-state index in [1.807, 2.05) is 0 Å². The van der Waals surface area contributed by atoms with E-state index in [2.05, 4.69) is 0 Å². The number of carboxylic acid groups (broad SMARTS) is 2. The van der Waals surface area contributed by atoms with E-state index in [-0.39, 0.29) is 17.1 Å². The summed E-state index contributed by atoms with van der Waals surface area (Å²) in [5.74, 6) is -2.59. The molecule has 0 saturated heterocycles. The average molecular weight is 184 g/mol. The number of hydrogen-bond donors (Lipinski definition) is 2. The highest BCUT2D eigenvalue weighted by Crippen LogP contribution is 2.16. The van der Waals surface area contributed by atoms with Crippen LogP contribution in [0.5, 0.6) is 0 Å². The van der Waals surface area contributed by atoms with Crippen molar-refractivity contribution in [3.63, 3.8) is 0 Å². The first-order valence-corrected chi connectivity index (χ1v) is 3.65. The first-order chi connectivity index (χ1) is 6.06. The fraction of sp³-hybridized carbons (Fsp3) is 0.250. The summed E-state index contributed by atoms with van der Waals surface area (Å²) in [7, 11) is 0. The number of carbonyl (C=O) groups is 2. The molecule has 0 aliphatic heterocycles. The van der Waals surface area contributed by atoms with E-state index in [0.717, 1.165) is 6.07 Å². The lowest BCUT2D eigenvalue weighted by molar-refractivity contribution is 0.0656. The maximum atomic E-state index is 10.6. The van der Waals surface area contributed by atoms with Gasteiger partial charge in [-0.1, -0.05) is 6.92 Å². The molecule has 0 unspecified atom stereocenters. The molecule has 13 heavy (non-hydrogen) atoms. The Balaban J connectivity index is 3.19. The van der Waals surface area contributed by atoms with Gasteiger partial charge in [0.15, 0.2) is 0 Å². The molecular formula is C8H8O5. The number of carboxylic acids is 2. The lowest BCUT2D eigenvalue weighted by atomic mass is 10.2. The Morgan fingerprint density at radius 2 is 2.00 bits per heavy atom. The summed E-state index contributed by atoms with van der Waals surface area (Å²) in [6, 6.07) is 1.02. The third-order valence-electron chi connectivity index (χ3n) is 1.57.